The number of para-hydroxylation sites is 1. The number of rotatable bonds is 7. The molecule has 0 atom stereocenters. The van der Waals surface area contributed by atoms with Crippen LogP contribution in [0.2, 0.25) is 0 Å². The number of tetrazole rings is 1. The van der Waals surface area contributed by atoms with E-state index in [-0.39, 0.29) is 12.5 Å². The number of hydrogen-bond acceptors (Lipinski definition) is 6. The second kappa shape index (κ2) is 7.82. The van der Waals surface area contributed by atoms with Crippen LogP contribution in [0.4, 0.5) is 5.82 Å². The molecule has 1 aromatic carbocycles. The standard InChI is InChI=1S/C18H19N9O/c1-2-10-26-16(8-9-19-26)21-17(28)13-25-12-14(11-20-25)18-22-23-24-27(18)15-6-4-3-5-7-15/h3-9,11-12H,2,10,13H2,1H3,(H,21,28). The van der Waals surface area contributed by atoms with Crippen molar-refractivity contribution in [1.82, 2.24) is 39.8 Å². The molecule has 3 heterocycles. The molecule has 3 aromatic heterocycles. The lowest BCUT2D eigenvalue weighted by Crippen LogP contribution is -2.21. The number of carbonyl (C=O) groups excluding carboxylic acids is 1. The molecule has 1 amide bonds. The van der Waals surface area contributed by atoms with Crippen molar-refractivity contribution in [1.29, 1.82) is 0 Å². The maximum absolute atomic E-state index is 12.4. The van der Waals surface area contributed by atoms with Crippen LogP contribution in [0.15, 0.2) is 55.0 Å². The zero-order valence-electron chi connectivity index (χ0n) is 15.3. The Balaban J connectivity index is 1.48. The van der Waals surface area contributed by atoms with Crippen LogP contribution in [0.3, 0.4) is 0 Å². The van der Waals surface area contributed by atoms with Crippen LogP contribution in [0, 0.1) is 0 Å². The summed E-state index contributed by atoms with van der Waals surface area (Å²) in [7, 11) is 0. The topological polar surface area (TPSA) is 108 Å². The van der Waals surface area contributed by atoms with Gasteiger partial charge in [-0.05, 0) is 29.0 Å². The zero-order chi connectivity index (χ0) is 19.3. The van der Waals surface area contributed by atoms with Gasteiger partial charge in [-0.1, -0.05) is 25.1 Å². The number of amides is 1. The highest BCUT2D eigenvalue weighted by molar-refractivity contribution is 5.89. The minimum absolute atomic E-state index is 0.0736. The smallest absolute Gasteiger partial charge is 0.247 e. The Morgan fingerprint density at radius 2 is 2.00 bits per heavy atom. The van der Waals surface area contributed by atoms with E-state index in [4.69, 9.17) is 0 Å². The van der Waals surface area contributed by atoms with E-state index in [0.29, 0.717) is 11.6 Å². The average molecular weight is 377 g/mol. The number of aromatic nitrogens is 8. The molecule has 0 bridgehead atoms. The predicted molar refractivity (Wildman–Crippen MR) is 102 cm³/mol. The fourth-order valence-electron chi connectivity index (χ4n) is 2.83. The lowest BCUT2D eigenvalue weighted by Gasteiger charge is -2.08. The van der Waals surface area contributed by atoms with Crippen LogP contribution < -0.4 is 5.32 Å². The molecule has 142 valence electrons. The van der Waals surface area contributed by atoms with Gasteiger partial charge in [-0.15, -0.1) is 5.10 Å². The third kappa shape index (κ3) is 3.65. The van der Waals surface area contributed by atoms with Gasteiger partial charge in [-0.3, -0.25) is 9.48 Å². The maximum atomic E-state index is 12.4. The molecule has 10 heteroatoms. The first-order valence-corrected chi connectivity index (χ1v) is 8.93. The summed E-state index contributed by atoms with van der Waals surface area (Å²) >= 11 is 0. The van der Waals surface area contributed by atoms with E-state index in [1.54, 1.807) is 38.7 Å². The summed E-state index contributed by atoms with van der Waals surface area (Å²) in [5, 5.41) is 23.2. The van der Waals surface area contributed by atoms with Crippen molar-refractivity contribution in [2.24, 2.45) is 0 Å². The van der Waals surface area contributed by atoms with Crippen LogP contribution in [0.1, 0.15) is 13.3 Å². The summed E-state index contributed by atoms with van der Waals surface area (Å²) in [4.78, 5) is 12.4. The summed E-state index contributed by atoms with van der Waals surface area (Å²) < 4.78 is 4.94. The predicted octanol–water partition coefficient (Wildman–Crippen LogP) is 1.77. The first kappa shape index (κ1) is 17.6. The van der Waals surface area contributed by atoms with Gasteiger partial charge < -0.3 is 5.32 Å². The molecule has 0 saturated heterocycles. The molecule has 0 aliphatic heterocycles. The highest BCUT2D eigenvalue weighted by Gasteiger charge is 2.14. The number of carbonyl (C=O) groups is 1. The normalized spacial score (nSPS) is 10.9. The molecular formula is C18H19N9O. The third-order valence-corrected chi connectivity index (χ3v) is 4.09. The van der Waals surface area contributed by atoms with Crippen LogP contribution in [0.5, 0.6) is 0 Å². The van der Waals surface area contributed by atoms with Gasteiger partial charge in [0.05, 0.1) is 23.6 Å². The van der Waals surface area contributed by atoms with Crippen LogP contribution >= 0.6 is 0 Å². The fraction of sp³-hybridized carbons (Fsp3) is 0.222. The molecule has 4 rings (SSSR count). The Morgan fingerprint density at radius 1 is 1.14 bits per heavy atom. The molecule has 10 nitrogen and oxygen atoms in total. The Bertz CT molecular complexity index is 1060. The fourth-order valence-corrected chi connectivity index (χ4v) is 2.83. The average Bonchev–Trinajstić information content (AvgIpc) is 3.44. The van der Waals surface area contributed by atoms with Crippen LogP contribution in [-0.4, -0.2) is 45.7 Å². The van der Waals surface area contributed by atoms with Gasteiger partial charge in [0.25, 0.3) is 0 Å². The molecule has 4 aromatic rings. The Morgan fingerprint density at radius 3 is 2.82 bits per heavy atom. The van der Waals surface area contributed by atoms with Crippen molar-refractivity contribution in [2.75, 3.05) is 5.32 Å². The molecule has 0 spiro atoms. The highest BCUT2D eigenvalue weighted by atomic mass is 16.2. The van der Waals surface area contributed by atoms with Crippen LogP contribution in [-0.2, 0) is 17.9 Å². The number of hydrogen-bond donors (Lipinski definition) is 1. The number of aryl methyl sites for hydroxylation is 1. The van der Waals surface area contributed by atoms with E-state index in [2.05, 4.69) is 38.0 Å². The zero-order valence-corrected chi connectivity index (χ0v) is 15.3. The first-order chi connectivity index (χ1) is 13.7. The Labute approximate surface area is 160 Å². The van der Waals surface area contributed by atoms with Crippen molar-refractivity contribution < 1.29 is 4.79 Å². The Hall–Kier alpha value is -3.82. The molecule has 0 aliphatic carbocycles. The van der Waals surface area contributed by atoms with Gasteiger partial charge in [0.2, 0.25) is 5.91 Å². The van der Waals surface area contributed by atoms with E-state index < -0.39 is 0 Å². The molecule has 0 unspecified atom stereocenters. The van der Waals surface area contributed by atoms with Gasteiger partial charge >= 0.3 is 0 Å². The molecule has 0 aliphatic rings. The first-order valence-electron chi connectivity index (χ1n) is 8.93. The molecule has 0 saturated carbocycles. The molecule has 0 fully saturated rings. The van der Waals surface area contributed by atoms with Gasteiger partial charge in [0, 0.05) is 18.8 Å². The van der Waals surface area contributed by atoms with Crippen molar-refractivity contribution in [3.63, 3.8) is 0 Å². The SMILES string of the molecule is CCCn1nccc1NC(=O)Cn1cc(-c2nnnn2-c2ccccc2)cn1. The van der Waals surface area contributed by atoms with E-state index >= 15 is 0 Å². The van der Waals surface area contributed by atoms with Crippen molar-refractivity contribution in [3.05, 3.63) is 55.0 Å². The molecule has 1 N–H and O–H groups in total. The monoisotopic (exact) mass is 377 g/mol. The van der Waals surface area contributed by atoms with E-state index in [1.165, 1.54) is 0 Å². The summed E-state index contributed by atoms with van der Waals surface area (Å²) in [6, 6.07) is 11.4. The third-order valence-electron chi connectivity index (χ3n) is 4.09. The van der Waals surface area contributed by atoms with Gasteiger partial charge in [-0.2, -0.15) is 14.9 Å². The number of nitrogens with one attached hydrogen (secondary N) is 1. The lowest BCUT2D eigenvalue weighted by atomic mass is 10.3. The lowest BCUT2D eigenvalue weighted by molar-refractivity contribution is -0.116. The second-order valence-corrected chi connectivity index (χ2v) is 6.16. The van der Waals surface area contributed by atoms with Crippen molar-refractivity contribution in [2.45, 2.75) is 26.4 Å². The number of benzene rings is 1. The van der Waals surface area contributed by atoms with Gasteiger partial charge in [0.1, 0.15) is 12.4 Å². The molecule has 0 radical (unpaired) electrons. The summed E-state index contributed by atoms with van der Waals surface area (Å²) in [5.41, 5.74) is 1.56. The van der Waals surface area contributed by atoms with Gasteiger partial charge in [0.15, 0.2) is 5.82 Å². The second-order valence-electron chi connectivity index (χ2n) is 6.16. The summed E-state index contributed by atoms with van der Waals surface area (Å²) in [6.07, 6.45) is 5.98. The summed E-state index contributed by atoms with van der Waals surface area (Å²) in [6.45, 7) is 2.88. The quantitative estimate of drug-likeness (QED) is 0.526. The van der Waals surface area contributed by atoms with E-state index in [0.717, 1.165) is 24.2 Å². The van der Waals surface area contributed by atoms with Gasteiger partial charge in [-0.25, -0.2) is 4.68 Å². The number of nitrogens with zero attached hydrogens (tertiary/aromatic N) is 8. The minimum atomic E-state index is -0.185. The summed E-state index contributed by atoms with van der Waals surface area (Å²) in [5.74, 6) is 1.04. The van der Waals surface area contributed by atoms with Crippen molar-refractivity contribution in [3.8, 4) is 17.1 Å². The molecular weight excluding hydrogens is 358 g/mol. The molecule has 28 heavy (non-hydrogen) atoms. The minimum Gasteiger partial charge on any atom is -0.309 e. The number of anilines is 1. The Kier molecular flexibility index (Phi) is 4.91. The van der Waals surface area contributed by atoms with E-state index in [1.807, 2.05) is 30.3 Å². The maximum Gasteiger partial charge on any atom is 0.247 e. The van der Waals surface area contributed by atoms with Crippen LogP contribution in [0.25, 0.3) is 17.1 Å². The highest BCUT2D eigenvalue weighted by Crippen LogP contribution is 2.18. The van der Waals surface area contributed by atoms with Crippen molar-refractivity contribution >= 4 is 11.7 Å². The largest absolute Gasteiger partial charge is 0.309 e. The van der Waals surface area contributed by atoms with E-state index in [9.17, 15) is 4.79 Å².